The second-order valence-corrected chi connectivity index (χ2v) is 8.25. The minimum Gasteiger partial charge on any atom is -0.406 e. The van der Waals surface area contributed by atoms with Crippen molar-refractivity contribution in [2.24, 2.45) is 0 Å². The van der Waals surface area contributed by atoms with Crippen molar-refractivity contribution < 1.29 is 45.4 Å². The second kappa shape index (κ2) is 11.5. The van der Waals surface area contributed by atoms with Crippen LogP contribution in [0.15, 0.2) is 78.9 Å². The lowest BCUT2D eigenvalue weighted by Crippen LogP contribution is -2.29. The first-order chi connectivity index (χ1) is 18.9. The van der Waals surface area contributed by atoms with E-state index in [1.165, 1.54) is 24.3 Å². The molecule has 0 saturated carbocycles. The fraction of sp³-hybridized carbons (Fsp3) is 0.154. The van der Waals surface area contributed by atoms with E-state index in [9.17, 15) is 35.9 Å². The number of hydrogen-bond acceptors (Lipinski definition) is 7. The largest absolute Gasteiger partial charge is 0.573 e. The molecule has 0 aliphatic rings. The van der Waals surface area contributed by atoms with Crippen molar-refractivity contribution >= 4 is 17.6 Å². The number of nitrogens with one attached hydrogen (secondary N) is 1. The molecule has 4 aromatic rings. The van der Waals surface area contributed by atoms with Crippen molar-refractivity contribution in [1.82, 2.24) is 15.4 Å². The number of rotatable bonds is 8. The van der Waals surface area contributed by atoms with Crippen LogP contribution >= 0.6 is 0 Å². The highest BCUT2D eigenvalue weighted by Gasteiger charge is 2.43. The Morgan fingerprint density at radius 1 is 0.775 bits per heavy atom. The number of aromatic nitrogens is 3. The Hall–Kier alpha value is -4.88. The van der Waals surface area contributed by atoms with Crippen molar-refractivity contribution in [3.8, 4) is 16.9 Å². The number of anilines is 1. The number of H-pyrrole nitrogens is 1. The summed E-state index contributed by atoms with van der Waals surface area (Å²) >= 11 is 0. The van der Waals surface area contributed by atoms with E-state index in [1.54, 1.807) is 29.2 Å². The quantitative estimate of drug-likeness (QED) is 0.164. The fourth-order valence-corrected chi connectivity index (χ4v) is 3.65. The molecule has 0 amide bonds. The van der Waals surface area contributed by atoms with Gasteiger partial charge in [-0.05, 0) is 41.0 Å². The zero-order valence-corrected chi connectivity index (χ0v) is 20.2. The van der Waals surface area contributed by atoms with Crippen molar-refractivity contribution in [2.75, 3.05) is 4.90 Å². The molecule has 0 atom stereocenters. The zero-order valence-electron chi connectivity index (χ0n) is 20.2. The number of carbonyl (C=O) groups is 2. The lowest BCUT2D eigenvalue weighted by atomic mass is 10.0. The van der Waals surface area contributed by atoms with Gasteiger partial charge in [0.1, 0.15) is 11.4 Å². The van der Waals surface area contributed by atoms with Crippen LogP contribution in [0.2, 0.25) is 0 Å². The highest BCUT2D eigenvalue weighted by atomic mass is 19.4. The van der Waals surface area contributed by atoms with Crippen LogP contribution in [0.25, 0.3) is 11.1 Å². The van der Waals surface area contributed by atoms with Crippen LogP contribution in [0.5, 0.6) is 5.75 Å². The van der Waals surface area contributed by atoms with E-state index in [1.807, 2.05) is 30.3 Å². The Morgan fingerprint density at radius 3 is 1.95 bits per heavy atom. The SMILES string of the molecule is O=C(OC(=O)C(F)(F)F)c1n[nH]nc1CN(Cc1ccccc1)c1ccc(-c2ccc(OC(F)(F)F)cc2)cc1. The fourth-order valence-electron chi connectivity index (χ4n) is 3.65. The number of benzene rings is 3. The van der Waals surface area contributed by atoms with Gasteiger partial charge in [-0.2, -0.15) is 23.5 Å². The van der Waals surface area contributed by atoms with Crippen molar-refractivity contribution in [3.05, 3.63) is 95.8 Å². The molecule has 1 heterocycles. The highest BCUT2D eigenvalue weighted by molar-refractivity contribution is 5.97. The molecule has 0 aliphatic heterocycles. The molecule has 0 spiro atoms. The Bertz CT molecular complexity index is 1450. The van der Waals surface area contributed by atoms with E-state index in [2.05, 4.69) is 24.9 Å². The van der Waals surface area contributed by atoms with Gasteiger partial charge in [0, 0.05) is 12.2 Å². The van der Waals surface area contributed by atoms with Crippen LogP contribution in [0.1, 0.15) is 21.7 Å². The summed E-state index contributed by atoms with van der Waals surface area (Å²) in [6.07, 6.45) is -10.2. The molecule has 1 aromatic heterocycles. The van der Waals surface area contributed by atoms with Crippen LogP contribution in [0, 0.1) is 0 Å². The second-order valence-electron chi connectivity index (χ2n) is 8.25. The maximum atomic E-state index is 12.5. The Morgan fingerprint density at radius 2 is 1.38 bits per heavy atom. The van der Waals surface area contributed by atoms with Gasteiger partial charge in [0.05, 0.1) is 6.54 Å². The van der Waals surface area contributed by atoms with E-state index in [0.29, 0.717) is 16.8 Å². The summed E-state index contributed by atoms with van der Waals surface area (Å²) in [5.41, 5.74) is 2.10. The molecule has 0 saturated heterocycles. The van der Waals surface area contributed by atoms with E-state index < -0.39 is 30.2 Å². The minimum absolute atomic E-state index is 0.0692. The molecule has 208 valence electrons. The Labute approximate surface area is 222 Å². The number of halogens is 6. The first-order valence-electron chi connectivity index (χ1n) is 11.4. The molecular weight excluding hydrogens is 546 g/mol. The first kappa shape index (κ1) is 28.1. The third-order valence-corrected chi connectivity index (χ3v) is 5.44. The summed E-state index contributed by atoms with van der Waals surface area (Å²) in [7, 11) is 0. The molecule has 40 heavy (non-hydrogen) atoms. The van der Waals surface area contributed by atoms with Gasteiger partial charge < -0.3 is 14.4 Å². The van der Waals surface area contributed by atoms with E-state index in [0.717, 1.165) is 5.56 Å². The summed E-state index contributed by atoms with van der Waals surface area (Å²) in [6.45, 7) is 0.172. The monoisotopic (exact) mass is 564 g/mol. The van der Waals surface area contributed by atoms with Crippen LogP contribution in [-0.2, 0) is 22.6 Å². The number of hydrogen-bond donors (Lipinski definition) is 1. The summed E-state index contributed by atoms with van der Waals surface area (Å²) in [5, 5.41) is 9.56. The molecule has 1 N–H and O–H groups in total. The number of carbonyl (C=O) groups excluding carboxylic acids is 2. The molecular formula is C26H18F6N4O4. The summed E-state index contributed by atoms with van der Waals surface area (Å²) in [4.78, 5) is 25.1. The third kappa shape index (κ3) is 7.36. The zero-order chi connectivity index (χ0) is 28.9. The smallest absolute Gasteiger partial charge is 0.406 e. The average Bonchev–Trinajstić information content (AvgIpc) is 3.36. The highest BCUT2D eigenvalue weighted by Crippen LogP contribution is 2.29. The number of ether oxygens (including phenoxy) is 2. The molecule has 0 fully saturated rings. The number of alkyl halides is 6. The van der Waals surface area contributed by atoms with Gasteiger partial charge in [0.15, 0.2) is 5.69 Å². The molecule has 4 rings (SSSR count). The minimum atomic E-state index is -5.37. The number of nitrogens with zero attached hydrogens (tertiary/aromatic N) is 3. The summed E-state index contributed by atoms with van der Waals surface area (Å²) < 4.78 is 82.7. The topological polar surface area (TPSA) is 97.4 Å². The Kier molecular flexibility index (Phi) is 8.07. The van der Waals surface area contributed by atoms with Gasteiger partial charge >= 0.3 is 24.5 Å². The number of esters is 2. The summed E-state index contributed by atoms with van der Waals surface area (Å²) in [5.74, 6) is -4.65. The van der Waals surface area contributed by atoms with Crippen LogP contribution in [0.3, 0.4) is 0 Å². The molecule has 0 bridgehead atoms. The van der Waals surface area contributed by atoms with Gasteiger partial charge in [0.25, 0.3) is 0 Å². The number of aromatic amines is 1. The van der Waals surface area contributed by atoms with Gasteiger partial charge in [0.2, 0.25) is 0 Å². The normalized spacial score (nSPS) is 11.7. The molecule has 3 aromatic carbocycles. The van der Waals surface area contributed by atoms with Crippen molar-refractivity contribution in [1.29, 1.82) is 0 Å². The molecule has 0 unspecified atom stereocenters. The van der Waals surface area contributed by atoms with Crippen LogP contribution < -0.4 is 9.64 Å². The van der Waals surface area contributed by atoms with Crippen molar-refractivity contribution in [2.45, 2.75) is 25.6 Å². The third-order valence-electron chi connectivity index (χ3n) is 5.44. The van der Waals surface area contributed by atoms with Crippen LogP contribution in [0.4, 0.5) is 32.0 Å². The van der Waals surface area contributed by atoms with Crippen LogP contribution in [-0.4, -0.2) is 39.9 Å². The predicted octanol–water partition coefficient (Wildman–Crippen LogP) is 5.82. The van der Waals surface area contributed by atoms with Gasteiger partial charge in [-0.15, -0.1) is 18.3 Å². The molecule has 0 aliphatic carbocycles. The maximum Gasteiger partial charge on any atom is 0.573 e. The standard InChI is InChI=1S/C26H18F6N4O4/c27-25(28,29)24(38)39-23(37)22-21(33-35-34-22)15-36(14-16-4-2-1-3-5-16)19-10-6-17(7-11-19)18-8-12-20(13-9-18)40-26(30,31)32/h1-13H,14-15H2,(H,33,34,35). The van der Waals surface area contributed by atoms with Gasteiger partial charge in [-0.1, -0.05) is 54.6 Å². The summed E-state index contributed by atoms with van der Waals surface area (Å²) in [6, 6.07) is 21.3. The molecule has 14 heteroatoms. The van der Waals surface area contributed by atoms with E-state index in [4.69, 9.17) is 0 Å². The maximum absolute atomic E-state index is 12.5. The average molecular weight is 564 g/mol. The Balaban J connectivity index is 1.57. The predicted molar refractivity (Wildman–Crippen MR) is 128 cm³/mol. The first-order valence-corrected chi connectivity index (χ1v) is 11.4. The van der Waals surface area contributed by atoms with E-state index >= 15 is 0 Å². The van der Waals surface area contributed by atoms with Gasteiger partial charge in [-0.25, -0.2) is 9.59 Å². The lowest BCUT2D eigenvalue weighted by Gasteiger charge is -2.24. The van der Waals surface area contributed by atoms with Crippen molar-refractivity contribution in [3.63, 3.8) is 0 Å². The molecule has 0 radical (unpaired) electrons. The molecule has 8 nitrogen and oxygen atoms in total. The van der Waals surface area contributed by atoms with E-state index in [-0.39, 0.29) is 24.5 Å². The van der Waals surface area contributed by atoms with Gasteiger partial charge in [-0.3, -0.25) is 0 Å². The lowest BCUT2D eigenvalue weighted by molar-refractivity contribution is -0.274.